The molecule has 0 bridgehead atoms. The van der Waals surface area contributed by atoms with Gasteiger partial charge in [0.2, 0.25) is 0 Å². The quantitative estimate of drug-likeness (QED) is 0.709. The van der Waals surface area contributed by atoms with Crippen LogP contribution in [0.1, 0.15) is 17.0 Å². The summed E-state index contributed by atoms with van der Waals surface area (Å²) in [5, 5.41) is 3.88. The number of benzene rings is 1. The van der Waals surface area contributed by atoms with Crippen molar-refractivity contribution in [2.24, 2.45) is 0 Å². The molecule has 0 atom stereocenters. The van der Waals surface area contributed by atoms with Gasteiger partial charge in [-0.1, -0.05) is 11.2 Å². The van der Waals surface area contributed by atoms with Crippen molar-refractivity contribution in [2.45, 2.75) is 20.4 Å². The average Bonchev–Trinajstić information content (AvgIpc) is 2.85. The van der Waals surface area contributed by atoms with Crippen molar-refractivity contribution in [3.63, 3.8) is 0 Å². The summed E-state index contributed by atoms with van der Waals surface area (Å²) in [5.74, 6) is 0.251. The standard InChI is InChI=1S/C13H13N3O3/c1-7-9(8(2)19-15-7)6-16-12-10(14)4-3-5-11(12)18-13(16)17/h3-5H,6,14H2,1-2H3. The molecule has 6 heteroatoms. The van der Waals surface area contributed by atoms with Gasteiger partial charge in [0.1, 0.15) is 11.3 Å². The van der Waals surface area contributed by atoms with Crippen LogP contribution in [0.15, 0.2) is 31.9 Å². The Bertz CT molecular complexity index is 791. The van der Waals surface area contributed by atoms with E-state index in [4.69, 9.17) is 14.7 Å². The number of aromatic nitrogens is 2. The minimum Gasteiger partial charge on any atom is -0.408 e. The lowest BCUT2D eigenvalue weighted by atomic mass is 10.2. The van der Waals surface area contributed by atoms with Crippen LogP contribution in [0.4, 0.5) is 5.69 Å². The molecule has 0 aliphatic carbocycles. The summed E-state index contributed by atoms with van der Waals surface area (Å²) in [6.45, 7) is 3.98. The zero-order valence-electron chi connectivity index (χ0n) is 10.6. The second-order valence-corrected chi connectivity index (χ2v) is 4.45. The maximum Gasteiger partial charge on any atom is 0.420 e. The van der Waals surface area contributed by atoms with Crippen molar-refractivity contribution in [2.75, 3.05) is 5.73 Å². The van der Waals surface area contributed by atoms with E-state index in [2.05, 4.69) is 5.16 Å². The summed E-state index contributed by atoms with van der Waals surface area (Å²) >= 11 is 0. The van der Waals surface area contributed by atoms with E-state index in [0.717, 1.165) is 11.3 Å². The van der Waals surface area contributed by atoms with Crippen LogP contribution in [0.3, 0.4) is 0 Å². The summed E-state index contributed by atoms with van der Waals surface area (Å²) < 4.78 is 11.8. The molecule has 2 aromatic heterocycles. The Hall–Kier alpha value is -2.50. The molecule has 0 aliphatic rings. The SMILES string of the molecule is Cc1noc(C)c1Cn1c(=O)oc2cccc(N)c21. The number of rotatable bonds is 2. The van der Waals surface area contributed by atoms with Gasteiger partial charge in [0.15, 0.2) is 5.58 Å². The number of hydrogen-bond donors (Lipinski definition) is 1. The number of oxazole rings is 1. The smallest absolute Gasteiger partial charge is 0.408 e. The van der Waals surface area contributed by atoms with Crippen LogP contribution in [0, 0.1) is 13.8 Å². The zero-order chi connectivity index (χ0) is 13.6. The summed E-state index contributed by atoms with van der Waals surface area (Å²) in [6.07, 6.45) is 0. The molecule has 6 nitrogen and oxygen atoms in total. The van der Waals surface area contributed by atoms with Gasteiger partial charge in [0, 0.05) is 5.56 Å². The highest BCUT2D eigenvalue weighted by atomic mass is 16.5. The van der Waals surface area contributed by atoms with Gasteiger partial charge >= 0.3 is 5.76 Å². The predicted molar refractivity (Wildman–Crippen MR) is 70.0 cm³/mol. The first-order chi connectivity index (χ1) is 9.08. The summed E-state index contributed by atoms with van der Waals surface area (Å²) in [6, 6.07) is 5.21. The lowest BCUT2D eigenvalue weighted by Gasteiger charge is -2.03. The van der Waals surface area contributed by atoms with E-state index in [0.29, 0.717) is 29.1 Å². The zero-order valence-corrected chi connectivity index (χ0v) is 10.6. The Morgan fingerprint density at radius 2 is 2.16 bits per heavy atom. The molecule has 1 aromatic carbocycles. The van der Waals surface area contributed by atoms with Crippen LogP contribution in [-0.2, 0) is 6.54 Å². The monoisotopic (exact) mass is 259 g/mol. The van der Waals surface area contributed by atoms with Crippen LogP contribution in [0.25, 0.3) is 11.1 Å². The number of nitrogen functional groups attached to an aromatic ring is 1. The van der Waals surface area contributed by atoms with E-state index < -0.39 is 5.76 Å². The third-order valence-electron chi connectivity index (χ3n) is 3.22. The molecule has 3 rings (SSSR count). The van der Waals surface area contributed by atoms with Gasteiger partial charge in [-0.25, -0.2) is 4.79 Å². The van der Waals surface area contributed by atoms with Crippen molar-refractivity contribution >= 4 is 16.8 Å². The Labute approximate surface area is 108 Å². The topological polar surface area (TPSA) is 87.2 Å². The minimum absolute atomic E-state index is 0.335. The molecule has 0 amide bonds. The molecule has 2 N–H and O–H groups in total. The molecule has 0 saturated heterocycles. The summed E-state index contributed by atoms with van der Waals surface area (Å²) in [5.41, 5.74) is 9.14. The third-order valence-corrected chi connectivity index (χ3v) is 3.22. The van der Waals surface area contributed by atoms with E-state index in [-0.39, 0.29) is 0 Å². The van der Waals surface area contributed by atoms with E-state index >= 15 is 0 Å². The molecular formula is C13H13N3O3. The van der Waals surface area contributed by atoms with Gasteiger partial charge in [0.05, 0.1) is 17.9 Å². The molecule has 98 valence electrons. The molecule has 0 fully saturated rings. The summed E-state index contributed by atoms with van der Waals surface area (Å²) in [4.78, 5) is 11.9. The fourth-order valence-electron chi connectivity index (χ4n) is 2.18. The van der Waals surface area contributed by atoms with E-state index in [1.54, 1.807) is 18.2 Å². The van der Waals surface area contributed by atoms with Crippen LogP contribution < -0.4 is 11.5 Å². The van der Waals surface area contributed by atoms with Crippen LogP contribution in [-0.4, -0.2) is 9.72 Å². The normalized spacial score (nSPS) is 11.3. The number of para-hydroxylation sites is 1. The summed E-state index contributed by atoms with van der Waals surface area (Å²) in [7, 11) is 0. The fraction of sp³-hybridized carbons (Fsp3) is 0.231. The van der Waals surface area contributed by atoms with Gasteiger partial charge in [0.25, 0.3) is 0 Å². The predicted octanol–water partition coefficient (Wildman–Crippen LogP) is 1.83. The lowest BCUT2D eigenvalue weighted by molar-refractivity contribution is 0.392. The number of anilines is 1. The molecule has 0 unspecified atom stereocenters. The molecule has 19 heavy (non-hydrogen) atoms. The Balaban J connectivity index is 2.21. The average molecular weight is 259 g/mol. The minimum atomic E-state index is -0.437. The van der Waals surface area contributed by atoms with Crippen molar-refractivity contribution in [1.29, 1.82) is 0 Å². The van der Waals surface area contributed by atoms with Crippen molar-refractivity contribution in [3.8, 4) is 0 Å². The second-order valence-electron chi connectivity index (χ2n) is 4.45. The van der Waals surface area contributed by atoms with Crippen molar-refractivity contribution in [3.05, 3.63) is 45.8 Å². The van der Waals surface area contributed by atoms with E-state index in [1.807, 2.05) is 13.8 Å². The Morgan fingerprint density at radius 3 is 2.84 bits per heavy atom. The first-order valence-corrected chi connectivity index (χ1v) is 5.87. The van der Waals surface area contributed by atoms with Crippen molar-refractivity contribution < 1.29 is 8.94 Å². The Kier molecular flexibility index (Phi) is 2.45. The van der Waals surface area contributed by atoms with E-state index in [9.17, 15) is 4.79 Å². The van der Waals surface area contributed by atoms with Crippen LogP contribution in [0.2, 0.25) is 0 Å². The van der Waals surface area contributed by atoms with E-state index in [1.165, 1.54) is 4.57 Å². The highest BCUT2D eigenvalue weighted by molar-refractivity contribution is 5.85. The first-order valence-electron chi connectivity index (χ1n) is 5.87. The third kappa shape index (κ3) is 1.72. The molecule has 0 radical (unpaired) electrons. The highest BCUT2D eigenvalue weighted by Gasteiger charge is 2.16. The number of nitrogens with zero attached hydrogens (tertiary/aromatic N) is 2. The maximum atomic E-state index is 11.9. The number of fused-ring (bicyclic) bond motifs is 1. The molecule has 3 aromatic rings. The number of nitrogens with two attached hydrogens (primary N) is 1. The first kappa shape index (κ1) is 11.6. The molecule has 2 heterocycles. The number of aryl methyl sites for hydroxylation is 2. The van der Waals surface area contributed by atoms with Gasteiger partial charge in [-0.15, -0.1) is 0 Å². The van der Waals surface area contributed by atoms with Crippen LogP contribution >= 0.6 is 0 Å². The maximum absolute atomic E-state index is 11.9. The van der Waals surface area contributed by atoms with Gasteiger partial charge < -0.3 is 14.7 Å². The highest BCUT2D eigenvalue weighted by Crippen LogP contribution is 2.22. The van der Waals surface area contributed by atoms with Gasteiger partial charge in [-0.2, -0.15) is 0 Å². The molecular weight excluding hydrogens is 246 g/mol. The largest absolute Gasteiger partial charge is 0.420 e. The molecule has 0 spiro atoms. The lowest BCUT2D eigenvalue weighted by Crippen LogP contribution is -2.16. The van der Waals surface area contributed by atoms with Gasteiger partial charge in [-0.05, 0) is 26.0 Å². The fourth-order valence-corrected chi connectivity index (χ4v) is 2.18. The number of hydrogen-bond acceptors (Lipinski definition) is 5. The second kappa shape index (κ2) is 4.01. The van der Waals surface area contributed by atoms with Crippen LogP contribution in [0.5, 0.6) is 0 Å². The van der Waals surface area contributed by atoms with Crippen molar-refractivity contribution in [1.82, 2.24) is 9.72 Å². The van der Waals surface area contributed by atoms with Gasteiger partial charge in [-0.3, -0.25) is 4.57 Å². The Morgan fingerprint density at radius 1 is 1.37 bits per heavy atom. The molecule has 0 aliphatic heterocycles. The molecule has 0 saturated carbocycles.